The molecule has 3 fully saturated rings. The van der Waals surface area contributed by atoms with Gasteiger partial charge in [0, 0.05) is 23.7 Å². The Bertz CT molecular complexity index is 1250. The van der Waals surface area contributed by atoms with Gasteiger partial charge in [-0.25, -0.2) is 4.98 Å². The molecule has 3 aromatic carbocycles. The molecule has 1 atom stereocenters. The quantitative estimate of drug-likeness (QED) is 0.522. The van der Waals surface area contributed by atoms with E-state index in [1.165, 1.54) is 36.7 Å². The SMILES string of the molecule is Cc1cc(C(=O)NC2CN3CCC2CC3)ccc1-c1nc2cc3ccccc3cc2[nH]1. The van der Waals surface area contributed by atoms with E-state index in [1.54, 1.807) is 0 Å². The second-order valence-electron chi connectivity index (χ2n) is 9.05. The summed E-state index contributed by atoms with van der Waals surface area (Å²) in [5.74, 6) is 1.50. The number of carbonyl (C=O) groups is 1. The summed E-state index contributed by atoms with van der Waals surface area (Å²) in [6.45, 7) is 5.39. The molecular formula is C26H26N4O. The van der Waals surface area contributed by atoms with Gasteiger partial charge in [0.25, 0.3) is 5.91 Å². The molecule has 0 aliphatic carbocycles. The maximum Gasteiger partial charge on any atom is 0.251 e. The van der Waals surface area contributed by atoms with Gasteiger partial charge in [-0.3, -0.25) is 4.79 Å². The van der Waals surface area contributed by atoms with Crippen LogP contribution in [-0.4, -0.2) is 46.5 Å². The van der Waals surface area contributed by atoms with Crippen molar-refractivity contribution < 1.29 is 4.79 Å². The maximum absolute atomic E-state index is 12.9. The Kier molecular flexibility index (Phi) is 4.32. The molecule has 0 spiro atoms. The van der Waals surface area contributed by atoms with Crippen LogP contribution in [0.4, 0.5) is 0 Å². The van der Waals surface area contributed by atoms with E-state index >= 15 is 0 Å². The largest absolute Gasteiger partial charge is 0.348 e. The van der Waals surface area contributed by atoms with Gasteiger partial charge >= 0.3 is 0 Å². The van der Waals surface area contributed by atoms with Crippen molar-refractivity contribution in [3.8, 4) is 11.4 Å². The third-order valence-electron chi connectivity index (χ3n) is 7.07. The molecule has 2 N–H and O–H groups in total. The second kappa shape index (κ2) is 7.20. The van der Waals surface area contributed by atoms with Crippen LogP contribution in [0.2, 0.25) is 0 Å². The van der Waals surface area contributed by atoms with Crippen LogP contribution in [-0.2, 0) is 0 Å². The molecule has 7 rings (SSSR count). The molecular weight excluding hydrogens is 384 g/mol. The molecule has 1 unspecified atom stereocenters. The number of aromatic nitrogens is 2. The van der Waals surface area contributed by atoms with E-state index in [9.17, 15) is 4.79 Å². The van der Waals surface area contributed by atoms with Crippen LogP contribution < -0.4 is 5.32 Å². The molecule has 31 heavy (non-hydrogen) atoms. The highest BCUT2D eigenvalue weighted by atomic mass is 16.1. The lowest BCUT2D eigenvalue weighted by atomic mass is 9.84. The number of hydrogen-bond donors (Lipinski definition) is 2. The number of rotatable bonds is 3. The fraction of sp³-hybridized carbons (Fsp3) is 0.308. The number of imidazole rings is 1. The van der Waals surface area contributed by atoms with Gasteiger partial charge < -0.3 is 15.2 Å². The van der Waals surface area contributed by atoms with Gasteiger partial charge in [0.15, 0.2) is 0 Å². The smallest absolute Gasteiger partial charge is 0.251 e. The van der Waals surface area contributed by atoms with Gasteiger partial charge in [-0.15, -0.1) is 0 Å². The number of hydrogen-bond acceptors (Lipinski definition) is 3. The van der Waals surface area contributed by atoms with E-state index in [0.717, 1.165) is 40.1 Å². The first-order chi connectivity index (χ1) is 15.1. The lowest BCUT2D eigenvalue weighted by Gasteiger charge is -2.44. The van der Waals surface area contributed by atoms with Crippen molar-refractivity contribution in [1.82, 2.24) is 20.2 Å². The zero-order chi connectivity index (χ0) is 20.9. The van der Waals surface area contributed by atoms with Crippen LogP contribution in [0.1, 0.15) is 28.8 Å². The molecule has 0 radical (unpaired) electrons. The minimum Gasteiger partial charge on any atom is -0.348 e. The molecule has 5 heteroatoms. The van der Waals surface area contributed by atoms with Gasteiger partial charge in [0.1, 0.15) is 5.82 Å². The fourth-order valence-corrected chi connectivity index (χ4v) is 5.28. The van der Waals surface area contributed by atoms with Crippen molar-refractivity contribution in [1.29, 1.82) is 0 Å². The Morgan fingerprint density at radius 2 is 1.84 bits per heavy atom. The molecule has 3 saturated heterocycles. The van der Waals surface area contributed by atoms with Crippen LogP contribution in [0.25, 0.3) is 33.2 Å². The predicted molar refractivity (Wildman–Crippen MR) is 124 cm³/mol. The number of nitrogens with zero attached hydrogens (tertiary/aromatic N) is 2. The van der Waals surface area contributed by atoms with E-state index in [4.69, 9.17) is 4.98 Å². The van der Waals surface area contributed by atoms with Crippen molar-refractivity contribution in [3.63, 3.8) is 0 Å². The molecule has 5 nitrogen and oxygen atoms in total. The summed E-state index contributed by atoms with van der Waals surface area (Å²) in [5, 5.41) is 5.67. The van der Waals surface area contributed by atoms with Gasteiger partial charge in [-0.05, 0) is 79.4 Å². The number of benzene rings is 3. The number of carbonyl (C=O) groups excluding carboxylic acids is 1. The molecule has 1 amide bonds. The summed E-state index contributed by atoms with van der Waals surface area (Å²) in [4.78, 5) is 23.7. The highest BCUT2D eigenvalue weighted by molar-refractivity contribution is 5.97. The Morgan fingerprint density at radius 1 is 1.06 bits per heavy atom. The van der Waals surface area contributed by atoms with Gasteiger partial charge in [-0.2, -0.15) is 0 Å². The predicted octanol–water partition coefficient (Wildman–Crippen LogP) is 4.52. The first kappa shape index (κ1) is 18.6. The van der Waals surface area contributed by atoms with E-state index in [0.29, 0.717) is 5.92 Å². The molecule has 3 aliphatic heterocycles. The van der Waals surface area contributed by atoms with Gasteiger partial charge in [-0.1, -0.05) is 30.3 Å². The third-order valence-corrected chi connectivity index (χ3v) is 7.07. The molecule has 0 saturated carbocycles. The van der Waals surface area contributed by atoms with Crippen LogP contribution >= 0.6 is 0 Å². The van der Waals surface area contributed by atoms with Crippen molar-refractivity contribution in [2.45, 2.75) is 25.8 Å². The molecule has 156 valence electrons. The zero-order valence-electron chi connectivity index (χ0n) is 17.7. The molecule has 1 aromatic heterocycles. The first-order valence-corrected chi connectivity index (χ1v) is 11.2. The van der Waals surface area contributed by atoms with Crippen molar-refractivity contribution in [2.75, 3.05) is 19.6 Å². The lowest BCUT2D eigenvalue weighted by Crippen LogP contribution is -2.57. The standard InChI is InChI=1S/C26H26N4O/c1-16-12-20(26(31)29-24-15-30-10-8-17(24)9-11-30)6-7-21(16)25-27-22-13-18-4-2-3-5-19(18)14-23(22)28-25/h2-7,12-14,17,24H,8-11,15H2,1H3,(H,27,28)(H,29,31). The summed E-state index contributed by atoms with van der Waals surface area (Å²) >= 11 is 0. The van der Waals surface area contributed by atoms with Gasteiger partial charge in [0.05, 0.1) is 11.0 Å². The number of fused-ring (bicyclic) bond motifs is 5. The summed E-state index contributed by atoms with van der Waals surface area (Å²) in [5.41, 5.74) is 4.78. The highest BCUT2D eigenvalue weighted by Gasteiger charge is 2.35. The minimum absolute atomic E-state index is 0.0317. The molecule has 2 bridgehead atoms. The number of amides is 1. The number of H-pyrrole nitrogens is 1. The fourth-order valence-electron chi connectivity index (χ4n) is 5.28. The zero-order valence-corrected chi connectivity index (χ0v) is 17.7. The Morgan fingerprint density at radius 3 is 2.55 bits per heavy atom. The Balaban J connectivity index is 1.27. The monoisotopic (exact) mass is 410 g/mol. The number of aromatic amines is 1. The summed E-state index contributed by atoms with van der Waals surface area (Å²) in [7, 11) is 0. The highest BCUT2D eigenvalue weighted by Crippen LogP contribution is 2.29. The second-order valence-corrected chi connectivity index (χ2v) is 9.05. The van der Waals surface area contributed by atoms with Crippen molar-refractivity contribution >= 4 is 27.7 Å². The Labute approximate surface area is 181 Å². The first-order valence-electron chi connectivity index (χ1n) is 11.2. The average molecular weight is 411 g/mol. The maximum atomic E-state index is 12.9. The van der Waals surface area contributed by atoms with Crippen LogP contribution in [0.5, 0.6) is 0 Å². The summed E-state index contributed by atoms with van der Waals surface area (Å²) < 4.78 is 0. The molecule has 4 aromatic rings. The van der Waals surface area contributed by atoms with Crippen LogP contribution in [0.3, 0.4) is 0 Å². The van der Waals surface area contributed by atoms with E-state index in [2.05, 4.69) is 45.5 Å². The van der Waals surface area contributed by atoms with Crippen molar-refractivity contribution in [3.05, 3.63) is 65.7 Å². The van der Waals surface area contributed by atoms with E-state index < -0.39 is 0 Å². The normalized spacial score (nSPS) is 22.8. The van der Waals surface area contributed by atoms with Crippen molar-refractivity contribution in [2.24, 2.45) is 5.92 Å². The third kappa shape index (κ3) is 3.29. The number of piperidine rings is 3. The molecule has 3 aliphatic rings. The Hall–Kier alpha value is -3.18. The van der Waals surface area contributed by atoms with Gasteiger partial charge in [0.2, 0.25) is 0 Å². The average Bonchev–Trinajstić information content (AvgIpc) is 3.20. The van der Waals surface area contributed by atoms with E-state index in [1.807, 2.05) is 31.2 Å². The van der Waals surface area contributed by atoms with Crippen LogP contribution in [0.15, 0.2) is 54.6 Å². The molecule has 4 heterocycles. The van der Waals surface area contributed by atoms with Crippen LogP contribution in [0, 0.1) is 12.8 Å². The summed E-state index contributed by atoms with van der Waals surface area (Å²) in [6, 6.07) is 18.8. The summed E-state index contributed by atoms with van der Waals surface area (Å²) in [6.07, 6.45) is 2.40. The topological polar surface area (TPSA) is 61.0 Å². The number of nitrogens with one attached hydrogen (secondary N) is 2. The number of aryl methyl sites for hydroxylation is 1. The minimum atomic E-state index is 0.0317. The lowest BCUT2D eigenvalue weighted by molar-refractivity contribution is 0.0620. The van der Waals surface area contributed by atoms with E-state index in [-0.39, 0.29) is 11.9 Å².